The van der Waals surface area contributed by atoms with Gasteiger partial charge in [-0.25, -0.2) is 0 Å². The summed E-state index contributed by atoms with van der Waals surface area (Å²) >= 11 is 5.81. The second kappa shape index (κ2) is 9.35. The molecule has 2 N–H and O–H groups in total. The van der Waals surface area contributed by atoms with E-state index in [0.29, 0.717) is 44.5 Å². The van der Waals surface area contributed by atoms with E-state index in [1.165, 1.54) is 0 Å². The number of nitrogens with one attached hydrogen (secondary N) is 1. The molecule has 6 heteroatoms. The van der Waals surface area contributed by atoms with E-state index >= 15 is 0 Å². The fourth-order valence-electron chi connectivity index (χ4n) is 2.02. The van der Waals surface area contributed by atoms with Crippen molar-refractivity contribution in [3.63, 3.8) is 0 Å². The van der Waals surface area contributed by atoms with E-state index in [-0.39, 0.29) is 12.7 Å². The van der Waals surface area contributed by atoms with Crippen LogP contribution < -0.4 is 5.32 Å². The number of hydrogen-bond acceptors (Lipinski definition) is 5. The zero-order chi connectivity index (χ0) is 14.9. The van der Waals surface area contributed by atoms with Crippen LogP contribution in [0, 0.1) is 0 Å². The third-order valence-electron chi connectivity index (χ3n) is 3.13. The molecule has 0 spiro atoms. The monoisotopic (exact) mass is 315 g/mol. The van der Waals surface area contributed by atoms with Gasteiger partial charge in [0.15, 0.2) is 0 Å². The van der Waals surface area contributed by atoms with Gasteiger partial charge >= 0.3 is 0 Å². The summed E-state index contributed by atoms with van der Waals surface area (Å²) in [6, 6.07) is 7.47. The Morgan fingerprint density at radius 1 is 1.33 bits per heavy atom. The molecule has 1 aromatic rings. The van der Waals surface area contributed by atoms with Crippen molar-refractivity contribution in [3.8, 4) is 0 Å². The first-order valence-electron chi connectivity index (χ1n) is 7.14. The molecule has 2 rings (SSSR count). The second-order valence-electron chi connectivity index (χ2n) is 5.02. The van der Waals surface area contributed by atoms with E-state index in [1.54, 1.807) is 0 Å². The van der Waals surface area contributed by atoms with Crippen molar-refractivity contribution >= 4 is 11.6 Å². The molecule has 118 valence electrons. The van der Waals surface area contributed by atoms with Crippen LogP contribution in [0.4, 0.5) is 0 Å². The van der Waals surface area contributed by atoms with Gasteiger partial charge in [-0.1, -0.05) is 23.7 Å². The third kappa shape index (κ3) is 6.74. The minimum Gasteiger partial charge on any atom is -0.389 e. The normalized spacial score (nSPS) is 20.4. The highest BCUT2D eigenvalue weighted by atomic mass is 35.5. The predicted octanol–water partition coefficient (Wildman–Crippen LogP) is 1.22. The molecule has 0 aromatic heterocycles. The van der Waals surface area contributed by atoms with Crippen LogP contribution in [0.5, 0.6) is 0 Å². The molecule has 0 radical (unpaired) electrons. The van der Waals surface area contributed by atoms with Crippen LogP contribution in [0.25, 0.3) is 0 Å². The highest BCUT2D eigenvalue weighted by molar-refractivity contribution is 6.30. The van der Waals surface area contributed by atoms with Crippen molar-refractivity contribution < 1.29 is 19.3 Å². The van der Waals surface area contributed by atoms with Gasteiger partial charge in [-0.3, -0.25) is 0 Å². The lowest BCUT2D eigenvalue weighted by Crippen LogP contribution is -2.40. The molecule has 0 aliphatic carbocycles. The van der Waals surface area contributed by atoms with Crippen LogP contribution in [0.1, 0.15) is 5.56 Å². The van der Waals surface area contributed by atoms with Gasteiger partial charge in [0, 0.05) is 18.1 Å². The Labute approximate surface area is 130 Å². The van der Waals surface area contributed by atoms with Crippen molar-refractivity contribution in [2.45, 2.75) is 18.8 Å². The lowest BCUT2D eigenvalue weighted by Gasteiger charge is -2.23. The number of benzene rings is 1. The topological polar surface area (TPSA) is 60.0 Å². The van der Waals surface area contributed by atoms with Crippen LogP contribution in [-0.4, -0.2) is 56.8 Å². The smallest absolute Gasteiger partial charge is 0.0933 e. The summed E-state index contributed by atoms with van der Waals surface area (Å²) in [5, 5.41) is 13.7. The molecule has 2 unspecified atom stereocenters. The molecule has 1 fully saturated rings. The molecular formula is C15H22ClNO4. The molecule has 1 aliphatic rings. The largest absolute Gasteiger partial charge is 0.389 e. The molecule has 5 nitrogen and oxygen atoms in total. The van der Waals surface area contributed by atoms with Crippen LogP contribution >= 0.6 is 11.6 Å². The number of aliphatic hydroxyl groups is 1. The fraction of sp³-hybridized carbons (Fsp3) is 0.600. The molecule has 0 saturated carbocycles. The first-order chi connectivity index (χ1) is 10.2. The van der Waals surface area contributed by atoms with Crippen molar-refractivity contribution in [2.24, 2.45) is 0 Å². The molecule has 2 atom stereocenters. The van der Waals surface area contributed by atoms with Crippen LogP contribution in [-0.2, 0) is 20.8 Å². The number of ether oxygens (including phenoxy) is 3. The summed E-state index contributed by atoms with van der Waals surface area (Å²) in [5.41, 5.74) is 1.03. The molecule has 21 heavy (non-hydrogen) atoms. The molecular weight excluding hydrogens is 294 g/mol. The van der Waals surface area contributed by atoms with Gasteiger partial charge in [0.05, 0.1) is 45.2 Å². The fourth-order valence-corrected chi connectivity index (χ4v) is 2.14. The van der Waals surface area contributed by atoms with Gasteiger partial charge in [-0.15, -0.1) is 0 Å². The van der Waals surface area contributed by atoms with E-state index < -0.39 is 6.10 Å². The summed E-state index contributed by atoms with van der Waals surface area (Å²) < 4.78 is 16.3. The zero-order valence-corrected chi connectivity index (χ0v) is 12.7. The molecule has 1 heterocycles. The quantitative estimate of drug-likeness (QED) is 0.755. The average Bonchev–Trinajstić information content (AvgIpc) is 2.50. The standard InChI is InChI=1S/C15H22ClNO4/c16-13-3-1-12(2-4-13)9-20-10-14(18)7-17-8-15-11-19-5-6-21-15/h1-4,14-15,17-18H,5-11H2. The lowest BCUT2D eigenvalue weighted by atomic mass is 10.2. The van der Waals surface area contributed by atoms with E-state index in [2.05, 4.69) is 5.32 Å². The Hall–Kier alpha value is -0.690. The van der Waals surface area contributed by atoms with Crippen molar-refractivity contribution in [1.82, 2.24) is 5.32 Å². The second-order valence-corrected chi connectivity index (χ2v) is 5.46. The van der Waals surface area contributed by atoms with Gasteiger partial charge in [0.2, 0.25) is 0 Å². The van der Waals surface area contributed by atoms with Crippen molar-refractivity contribution in [2.75, 3.05) is 39.5 Å². The maximum atomic E-state index is 9.82. The van der Waals surface area contributed by atoms with Gasteiger partial charge < -0.3 is 24.6 Å². The summed E-state index contributed by atoms with van der Waals surface area (Å²) in [7, 11) is 0. The van der Waals surface area contributed by atoms with Crippen LogP contribution in [0.3, 0.4) is 0 Å². The van der Waals surface area contributed by atoms with E-state index in [0.717, 1.165) is 5.56 Å². The third-order valence-corrected chi connectivity index (χ3v) is 3.38. The molecule has 1 aromatic carbocycles. The first-order valence-corrected chi connectivity index (χ1v) is 7.52. The summed E-state index contributed by atoms with van der Waals surface area (Å²) in [4.78, 5) is 0. The number of rotatable bonds is 8. The highest BCUT2D eigenvalue weighted by Gasteiger charge is 2.14. The van der Waals surface area contributed by atoms with Crippen LogP contribution in [0.2, 0.25) is 5.02 Å². The SMILES string of the molecule is OC(CNCC1COCCO1)COCc1ccc(Cl)cc1. The Morgan fingerprint density at radius 3 is 2.86 bits per heavy atom. The number of aliphatic hydroxyl groups excluding tert-OH is 1. The lowest BCUT2D eigenvalue weighted by molar-refractivity contribution is -0.0871. The number of halogens is 1. The predicted molar refractivity (Wildman–Crippen MR) is 80.5 cm³/mol. The maximum absolute atomic E-state index is 9.82. The molecule has 0 bridgehead atoms. The Morgan fingerprint density at radius 2 is 2.14 bits per heavy atom. The number of hydrogen-bond donors (Lipinski definition) is 2. The summed E-state index contributed by atoms with van der Waals surface area (Å²) in [5.74, 6) is 0. The van der Waals surface area contributed by atoms with Gasteiger partial charge in [0.1, 0.15) is 0 Å². The van der Waals surface area contributed by atoms with Crippen molar-refractivity contribution in [1.29, 1.82) is 0 Å². The van der Waals surface area contributed by atoms with E-state index in [9.17, 15) is 5.11 Å². The van der Waals surface area contributed by atoms with Gasteiger partial charge in [-0.2, -0.15) is 0 Å². The summed E-state index contributed by atoms with van der Waals surface area (Å²) in [6.45, 7) is 3.81. The van der Waals surface area contributed by atoms with E-state index in [4.69, 9.17) is 25.8 Å². The Bertz CT molecular complexity index is 395. The maximum Gasteiger partial charge on any atom is 0.0933 e. The van der Waals surface area contributed by atoms with Gasteiger partial charge in [0.25, 0.3) is 0 Å². The minimum atomic E-state index is -0.540. The molecule has 1 saturated heterocycles. The zero-order valence-electron chi connectivity index (χ0n) is 12.0. The van der Waals surface area contributed by atoms with Crippen molar-refractivity contribution in [3.05, 3.63) is 34.9 Å². The highest BCUT2D eigenvalue weighted by Crippen LogP contribution is 2.10. The first kappa shape index (κ1) is 16.7. The summed E-state index contributed by atoms with van der Waals surface area (Å²) in [6.07, 6.45) is -0.470. The van der Waals surface area contributed by atoms with Gasteiger partial charge in [-0.05, 0) is 17.7 Å². The van der Waals surface area contributed by atoms with Crippen LogP contribution in [0.15, 0.2) is 24.3 Å². The molecule has 0 amide bonds. The molecule has 1 aliphatic heterocycles. The Balaban J connectivity index is 1.52. The Kier molecular flexibility index (Phi) is 7.43. The average molecular weight is 316 g/mol. The van der Waals surface area contributed by atoms with E-state index in [1.807, 2.05) is 24.3 Å². The minimum absolute atomic E-state index is 0.0703.